The molecule has 0 aliphatic carbocycles. The van der Waals surface area contributed by atoms with E-state index in [0.29, 0.717) is 6.04 Å². The van der Waals surface area contributed by atoms with Gasteiger partial charge in [-0.3, -0.25) is 9.58 Å². The molecule has 16 heavy (non-hydrogen) atoms. The summed E-state index contributed by atoms with van der Waals surface area (Å²) in [7, 11) is 0. The zero-order chi connectivity index (χ0) is 11.9. The molecule has 3 nitrogen and oxygen atoms in total. The van der Waals surface area contributed by atoms with Crippen LogP contribution in [0.4, 0.5) is 0 Å². The van der Waals surface area contributed by atoms with E-state index in [4.69, 9.17) is 5.10 Å². The topological polar surface area (TPSA) is 21.1 Å². The van der Waals surface area contributed by atoms with Crippen molar-refractivity contribution in [3.05, 3.63) is 17.5 Å². The number of fused-ring (bicyclic) bond motifs is 1. The van der Waals surface area contributed by atoms with Crippen LogP contribution in [0.25, 0.3) is 0 Å². The van der Waals surface area contributed by atoms with Crippen LogP contribution in [0.2, 0.25) is 0 Å². The molecule has 0 atom stereocenters. The monoisotopic (exact) mass is 221 g/mol. The summed E-state index contributed by atoms with van der Waals surface area (Å²) in [6.07, 6.45) is 3.37. The third-order valence-electron chi connectivity index (χ3n) is 3.32. The second-order valence-electron chi connectivity index (χ2n) is 6.03. The maximum Gasteiger partial charge on any atom is 0.0797 e. The lowest BCUT2D eigenvalue weighted by atomic mass is 10.1. The molecule has 0 amide bonds. The lowest BCUT2D eigenvalue weighted by Gasteiger charge is -2.29. The Morgan fingerprint density at radius 3 is 2.56 bits per heavy atom. The average molecular weight is 221 g/mol. The van der Waals surface area contributed by atoms with Crippen LogP contribution in [0, 0.1) is 0 Å². The van der Waals surface area contributed by atoms with Gasteiger partial charge in [0, 0.05) is 25.3 Å². The molecule has 0 unspecified atom stereocenters. The maximum absolute atomic E-state index is 4.73. The Labute approximate surface area is 98.4 Å². The fourth-order valence-electron chi connectivity index (χ4n) is 2.11. The fraction of sp³-hybridized carbons (Fsp3) is 0.769. The molecule has 0 bridgehead atoms. The summed E-state index contributed by atoms with van der Waals surface area (Å²) in [6.45, 7) is 13.3. The highest BCUT2D eigenvalue weighted by Gasteiger charge is 2.24. The van der Waals surface area contributed by atoms with Crippen LogP contribution in [-0.2, 0) is 18.5 Å². The first-order valence-electron chi connectivity index (χ1n) is 6.20. The third kappa shape index (κ3) is 2.14. The average Bonchev–Trinajstić information content (AvgIpc) is 2.58. The van der Waals surface area contributed by atoms with Gasteiger partial charge in [0.15, 0.2) is 0 Å². The van der Waals surface area contributed by atoms with Crippen LogP contribution in [0.3, 0.4) is 0 Å². The van der Waals surface area contributed by atoms with Gasteiger partial charge in [0.25, 0.3) is 0 Å². The van der Waals surface area contributed by atoms with Gasteiger partial charge in [0.2, 0.25) is 0 Å². The second-order valence-corrected chi connectivity index (χ2v) is 6.03. The molecule has 2 rings (SSSR count). The Balaban J connectivity index is 2.23. The van der Waals surface area contributed by atoms with E-state index in [9.17, 15) is 0 Å². The van der Waals surface area contributed by atoms with Crippen molar-refractivity contribution < 1.29 is 0 Å². The Morgan fingerprint density at radius 2 is 2.00 bits per heavy atom. The molecule has 0 radical (unpaired) electrons. The molecule has 0 N–H and O–H groups in total. The van der Waals surface area contributed by atoms with Gasteiger partial charge in [-0.15, -0.1) is 0 Å². The van der Waals surface area contributed by atoms with E-state index in [1.165, 1.54) is 17.8 Å². The number of hydrogen-bond acceptors (Lipinski definition) is 2. The number of hydrogen-bond donors (Lipinski definition) is 0. The van der Waals surface area contributed by atoms with Gasteiger partial charge < -0.3 is 0 Å². The van der Waals surface area contributed by atoms with E-state index in [0.717, 1.165) is 13.0 Å². The van der Waals surface area contributed by atoms with Crippen LogP contribution in [0.5, 0.6) is 0 Å². The summed E-state index contributed by atoms with van der Waals surface area (Å²) >= 11 is 0. The van der Waals surface area contributed by atoms with Gasteiger partial charge in [0.05, 0.1) is 11.2 Å². The highest BCUT2D eigenvalue weighted by atomic mass is 15.3. The molecule has 0 saturated heterocycles. The summed E-state index contributed by atoms with van der Waals surface area (Å²) in [4.78, 5) is 2.49. The Hall–Kier alpha value is -0.830. The van der Waals surface area contributed by atoms with Gasteiger partial charge in [0.1, 0.15) is 0 Å². The zero-order valence-corrected chi connectivity index (χ0v) is 11.1. The molecule has 1 aromatic heterocycles. The molecule has 2 heterocycles. The number of nitrogens with zero attached hydrogens (tertiary/aromatic N) is 3. The quantitative estimate of drug-likeness (QED) is 0.726. The molecule has 1 aliphatic heterocycles. The molecule has 90 valence electrons. The Morgan fingerprint density at radius 1 is 1.31 bits per heavy atom. The smallest absolute Gasteiger partial charge is 0.0797 e. The van der Waals surface area contributed by atoms with E-state index >= 15 is 0 Å². The first kappa shape index (κ1) is 11.6. The molecule has 0 fully saturated rings. The van der Waals surface area contributed by atoms with Crippen molar-refractivity contribution >= 4 is 0 Å². The van der Waals surface area contributed by atoms with Crippen LogP contribution in [0.1, 0.15) is 45.9 Å². The minimum absolute atomic E-state index is 0.0972. The standard InChI is InChI=1S/C13H23N3/c1-10(2)15-7-6-11-8-16(13(3,4)5)14-12(11)9-15/h8,10H,6-7,9H2,1-5H3. The molecule has 0 spiro atoms. The first-order chi connectivity index (χ1) is 7.38. The van der Waals surface area contributed by atoms with Crippen LogP contribution in [-0.4, -0.2) is 27.3 Å². The van der Waals surface area contributed by atoms with E-state index < -0.39 is 0 Å². The predicted molar refractivity (Wildman–Crippen MR) is 66.5 cm³/mol. The summed E-state index contributed by atoms with van der Waals surface area (Å²) in [5, 5.41) is 4.73. The van der Waals surface area contributed by atoms with Crippen molar-refractivity contribution in [2.75, 3.05) is 6.54 Å². The largest absolute Gasteiger partial charge is 0.295 e. The van der Waals surface area contributed by atoms with Crippen molar-refractivity contribution in [3.8, 4) is 0 Å². The summed E-state index contributed by atoms with van der Waals surface area (Å²) in [6, 6.07) is 0.618. The molecular weight excluding hydrogens is 198 g/mol. The third-order valence-corrected chi connectivity index (χ3v) is 3.32. The van der Waals surface area contributed by atoms with Crippen molar-refractivity contribution in [1.29, 1.82) is 0 Å². The summed E-state index contributed by atoms with van der Waals surface area (Å²) in [5.74, 6) is 0. The maximum atomic E-state index is 4.73. The predicted octanol–water partition coefficient (Wildman–Crippen LogP) is 2.40. The highest BCUT2D eigenvalue weighted by Crippen LogP contribution is 2.22. The van der Waals surface area contributed by atoms with Crippen molar-refractivity contribution in [2.24, 2.45) is 0 Å². The normalized spacial score (nSPS) is 17.9. The Kier molecular flexibility index (Phi) is 2.82. The molecule has 0 aromatic carbocycles. The van der Waals surface area contributed by atoms with E-state index in [1.54, 1.807) is 0 Å². The van der Waals surface area contributed by atoms with Gasteiger partial charge in [-0.1, -0.05) is 0 Å². The van der Waals surface area contributed by atoms with Gasteiger partial charge in [-0.2, -0.15) is 5.10 Å². The minimum atomic E-state index is 0.0972. The van der Waals surface area contributed by atoms with Crippen molar-refractivity contribution in [3.63, 3.8) is 0 Å². The fourth-order valence-corrected chi connectivity index (χ4v) is 2.11. The molecule has 0 saturated carbocycles. The minimum Gasteiger partial charge on any atom is -0.295 e. The first-order valence-corrected chi connectivity index (χ1v) is 6.20. The van der Waals surface area contributed by atoms with E-state index in [-0.39, 0.29) is 5.54 Å². The van der Waals surface area contributed by atoms with E-state index in [1.807, 2.05) is 0 Å². The molecule has 1 aliphatic rings. The van der Waals surface area contributed by atoms with Crippen LogP contribution < -0.4 is 0 Å². The van der Waals surface area contributed by atoms with E-state index in [2.05, 4.69) is 50.4 Å². The molecule has 1 aromatic rings. The van der Waals surface area contributed by atoms with Crippen LogP contribution in [0.15, 0.2) is 6.20 Å². The lowest BCUT2D eigenvalue weighted by molar-refractivity contribution is 0.200. The molecular formula is C13H23N3. The summed E-state index contributed by atoms with van der Waals surface area (Å²) < 4.78 is 2.11. The van der Waals surface area contributed by atoms with Crippen molar-refractivity contribution in [1.82, 2.24) is 14.7 Å². The number of rotatable bonds is 1. The lowest BCUT2D eigenvalue weighted by Crippen LogP contribution is -2.35. The highest BCUT2D eigenvalue weighted by molar-refractivity contribution is 5.20. The zero-order valence-electron chi connectivity index (χ0n) is 11.1. The Bertz CT molecular complexity index is 371. The van der Waals surface area contributed by atoms with Crippen LogP contribution >= 0.6 is 0 Å². The SMILES string of the molecule is CC(C)N1CCc2cn(C(C)(C)C)nc2C1. The molecule has 3 heteroatoms. The van der Waals surface area contributed by atoms with Gasteiger partial charge in [-0.05, 0) is 46.6 Å². The second kappa shape index (κ2) is 3.88. The number of aromatic nitrogens is 2. The van der Waals surface area contributed by atoms with Gasteiger partial charge in [-0.25, -0.2) is 0 Å². The summed E-state index contributed by atoms with van der Waals surface area (Å²) in [5.41, 5.74) is 2.81. The van der Waals surface area contributed by atoms with Crippen molar-refractivity contribution in [2.45, 2.75) is 59.2 Å². The van der Waals surface area contributed by atoms with Gasteiger partial charge >= 0.3 is 0 Å².